The molecule has 0 aliphatic carbocycles. The van der Waals surface area contributed by atoms with Crippen LogP contribution in [0.1, 0.15) is 44.7 Å². The number of hydrogen-bond donors (Lipinski definition) is 1. The fraction of sp³-hybridized carbons (Fsp3) is 0.417. The van der Waals surface area contributed by atoms with Crippen molar-refractivity contribution in [2.75, 3.05) is 5.75 Å². The molecule has 0 saturated heterocycles. The lowest BCUT2D eigenvalue weighted by Crippen LogP contribution is -2.51. The number of carbonyl (C=O) groups excluding carboxylic acids is 2. The Morgan fingerprint density at radius 2 is 1.72 bits per heavy atom. The third kappa shape index (κ3) is 7.87. The van der Waals surface area contributed by atoms with Crippen LogP contribution in [0, 0.1) is 0 Å². The van der Waals surface area contributed by atoms with Gasteiger partial charge in [0, 0.05) is 33.4 Å². The molecule has 0 spiro atoms. The van der Waals surface area contributed by atoms with Gasteiger partial charge < -0.3 is 10.2 Å². The van der Waals surface area contributed by atoms with E-state index < -0.39 is 6.04 Å². The van der Waals surface area contributed by atoms with Gasteiger partial charge in [-0.15, -0.1) is 11.8 Å². The van der Waals surface area contributed by atoms with Crippen LogP contribution >= 0.6 is 46.6 Å². The molecule has 0 aromatic heterocycles. The van der Waals surface area contributed by atoms with Crippen molar-refractivity contribution in [2.24, 2.45) is 0 Å². The van der Waals surface area contributed by atoms with E-state index >= 15 is 0 Å². The van der Waals surface area contributed by atoms with Crippen LogP contribution in [0.5, 0.6) is 0 Å². The minimum absolute atomic E-state index is 0.0373. The lowest BCUT2D eigenvalue weighted by molar-refractivity contribution is -0.139. The number of rotatable bonds is 11. The van der Waals surface area contributed by atoms with Gasteiger partial charge in [0.1, 0.15) is 6.04 Å². The Morgan fingerprint density at radius 1 is 1.00 bits per heavy atom. The number of hydrogen-bond acceptors (Lipinski definition) is 3. The van der Waals surface area contributed by atoms with E-state index in [1.807, 2.05) is 45.0 Å². The van der Waals surface area contributed by atoms with Crippen molar-refractivity contribution in [2.45, 2.75) is 58.0 Å². The third-order valence-electron chi connectivity index (χ3n) is 5.18. The summed E-state index contributed by atoms with van der Waals surface area (Å²) < 4.78 is 0. The van der Waals surface area contributed by atoms with Gasteiger partial charge in [-0.2, -0.15) is 0 Å². The van der Waals surface area contributed by atoms with E-state index in [0.717, 1.165) is 17.5 Å². The van der Waals surface area contributed by atoms with Gasteiger partial charge in [0.25, 0.3) is 0 Å². The summed E-state index contributed by atoms with van der Waals surface area (Å²) in [5.74, 6) is 0.521. The van der Waals surface area contributed by atoms with Gasteiger partial charge in [0.05, 0.1) is 5.75 Å². The van der Waals surface area contributed by atoms with Crippen LogP contribution in [0.4, 0.5) is 0 Å². The highest BCUT2D eigenvalue weighted by Crippen LogP contribution is 2.26. The average molecular weight is 516 g/mol. The summed E-state index contributed by atoms with van der Waals surface area (Å²) in [6, 6.07) is 12.2. The number of halogens is 3. The summed E-state index contributed by atoms with van der Waals surface area (Å²) in [5, 5.41) is 4.73. The van der Waals surface area contributed by atoms with Crippen LogP contribution in [0.3, 0.4) is 0 Å². The molecule has 1 N–H and O–H groups in total. The fourth-order valence-corrected chi connectivity index (χ4v) is 4.80. The standard InChI is InChI=1S/C24H29Cl3N2O2S/c1-4-16(3)28-24(31)22(5-2)29(13-17-8-6-7-9-20(17)26)23(30)15-32-14-18-10-11-19(25)12-21(18)27/h6-12,16,22H,4-5,13-15H2,1-3H3,(H,28,31)/t16-,22+/m1/s1. The van der Waals surface area contributed by atoms with Crippen LogP contribution in [-0.2, 0) is 21.9 Å². The van der Waals surface area contributed by atoms with Gasteiger partial charge in [0.2, 0.25) is 11.8 Å². The third-order valence-corrected chi connectivity index (χ3v) is 7.11. The maximum Gasteiger partial charge on any atom is 0.243 e. The van der Waals surface area contributed by atoms with Crippen molar-refractivity contribution in [1.29, 1.82) is 0 Å². The monoisotopic (exact) mass is 514 g/mol. The molecule has 0 bridgehead atoms. The normalized spacial score (nSPS) is 12.8. The van der Waals surface area contributed by atoms with E-state index in [2.05, 4.69) is 5.32 Å². The van der Waals surface area contributed by atoms with E-state index in [-0.39, 0.29) is 30.2 Å². The molecular weight excluding hydrogens is 487 g/mol. The molecule has 4 nitrogen and oxygen atoms in total. The highest BCUT2D eigenvalue weighted by molar-refractivity contribution is 7.99. The van der Waals surface area contributed by atoms with E-state index in [0.29, 0.717) is 27.2 Å². The molecule has 2 rings (SSSR count). The minimum atomic E-state index is -0.576. The van der Waals surface area contributed by atoms with Gasteiger partial charge in [-0.25, -0.2) is 0 Å². The van der Waals surface area contributed by atoms with Gasteiger partial charge in [0.15, 0.2) is 0 Å². The first-order valence-corrected chi connectivity index (χ1v) is 12.9. The van der Waals surface area contributed by atoms with Gasteiger partial charge >= 0.3 is 0 Å². The first-order valence-electron chi connectivity index (χ1n) is 10.6. The molecule has 8 heteroatoms. The molecule has 174 valence electrons. The summed E-state index contributed by atoms with van der Waals surface area (Å²) >= 11 is 20.0. The quantitative estimate of drug-likeness (QED) is 0.367. The Balaban J connectivity index is 2.17. The van der Waals surface area contributed by atoms with Crippen LogP contribution in [0.15, 0.2) is 42.5 Å². The van der Waals surface area contributed by atoms with Crippen LogP contribution in [0.2, 0.25) is 15.1 Å². The number of benzene rings is 2. The van der Waals surface area contributed by atoms with Crippen LogP contribution in [-0.4, -0.2) is 34.6 Å². The second-order valence-corrected chi connectivity index (χ2v) is 9.82. The topological polar surface area (TPSA) is 49.4 Å². The first kappa shape index (κ1) is 26.8. The van der Waals surface area contributed by atoms with Gasteiger partial charge in [-0.1, -0.05) is 72.9 Å². The Bertz CT molecular complexity index is 926. The van der Waals surface area contributed by atoms with E-state index in [1.54, 1.807) is 23.1 Å². The zero-order chi connectivity index (χ0) is 23.7. The SMILES string of the molecule is CC[C@@H](C)NC(=O)[C@H](CC)N(Cc1ccccc1Cl)C(=O)CSCc1ccc(Cl)cc1Cl. The zero-order valence-electron chi connectivity index (χ0n) is 18.5. The van der Waals surface area contributed by atoms with E-state index in [4.69, 9.17) is 34.8 Å². The first-order chi connectivity index (χ1) is 15.3. The molecule has 0 heterocycles. The summed E-state index contributed by atoms with van der Waals surface area (Å²) in [5.41, 5.74) is 1.72. The Kier molecular flexibility index (Phi) is 11.2. The Morgan fingerprint density at radius 3 is 2.34 bits per heavy atom. The van der Waals surface area contributed by atoms with Crippen molar-refractivity contribution < 1.29 is 9.59 Å². The predicted molar refractivity (Wildman–Crippen MR) is 137 cm³/mol. The fourth-order valence-electron chi connectivity index (χ4n) is 3.14. The molecule has 0 unspecified atom stereocenters. The zero-order valence-corrected chi connectivity index (χ0v) is 21.6. The molecule has 2 atom stereocenters. The van der Waals surface area contributed by atoms with Crippen molar-refractivity contribution in [3.63, 3.8) is 0 Å². The molecule has 2 aromatic carbocycles. The molecule has 0 radical (unpaired) electrons. The number of amides is 2. The van der Waals surface area contributed by atoms with Gasteiger partial charge in [-0.05, 0) is 49.1 Å². The van der Waals surface area contributed by atoms with E-state index in [9.17, 15) is 9.59 Å². The van der Waals surface area contributed by atoms with Gasteiger partial charge in [-0.3, -0.25) is 9.59 Å². The number of carbonyl (C=O) groups is 2. The van der Waals surface area contributed by atoms with Crippen LogP contribution in [0.25, 0.3) is 0 Å². The smallest absolute Gasteiger partial charge is 0.243 e. The van der Waals surface area contributed by atoms with Crippen molar-refractivity contribution in [3.8, 4) is 0 Å². The maximum absolute atomic E-state index is 13.3. The molecular formula is C24H29Cl3N2O2S. The number of nitrogens with one attached hydrogen (secondary N) is 1. The van der Waals surface area contributed by atoms with Crippen molar-refractivity contribution in [3.05, 3.63) is 68.7 Å². The van der Waals surface area contributed by atoms with Crippen molar-refractivity contribution in [1.82, 2.24) is 10.2 Å². The second-order valence-electron chi connectivity index (χ2n) is 7.58. The molecule has 32 heavy (non-hydrogen) atoms. The molecule has 0 aliphatic heterocycles. The summed E-state index contributed by atoms with van der Waals surface area (Å²) in [7, 11) is 0. The molecule has 2 amide bonds. The predicted octanol–water partition coefficient (Wildman–Crippen LogP) is 6.60. The Hall–Kier alpha value is -1.40. The highest BCUT2D eigenvalue weighted by Gasteiger charge is 2.29. The van der Waals surface area contributed by atoms with E-state index in [1.165, 1.54) is 11.8 Å². The lowest BCUT2D eigenvalue weighted by Gasteiger charge is -2.31. The summed E-state index contributed by atoms with van der Waals surface area (Å²) in [6.45, 7) is 6.15. The highest BCUT2D eigenvalue weighted by atomic mass is 35.5. The Labute approximate surface area is 210 Å². The summed E-state index contributed by atoms with van der Waals surface area (Å²) in [6.07, 6.45) is 1.32. The minimum Gasteiger partial charge on any atom is -0.352 e. The largest absolute Gasteiger partial charge is 0.352 e. The maximum atomic E-state index is 13.3. The van der Waals surface area contributed by atoms with Crippen LogP contribution < -0.4 is 5.32 Å². The molecule has 0 fully saturated rings. The van der Waals surface area contributed by atoms with Crippen molar-refractivity contribution >= 4 is 58.4 Å². The number of thioether (sulfide) groups is 1. The average Bonchev–Trinajstić information content (AvgIpc) is 2.76. The number of nitrogens with zero attached hydrogens (tertiary/aromatic N) is 1. The molecule has 0 saturated carbocycles. The lowest BCUT2D eigenvalue weighted by atomic mass is 10.1. The second kappa shape index (κ2) is 13.3. The summed E-state index contributed by atoms with van der Waals surface area (Å²) in [4.78, 5) is 27.9. The molecule has 0 aliphatic rings. The molecule has 2 aromatic rings.